The molecule has 0 bridgehead atoms. The topological polar surface area (TPSA) is 112 Å². The Morgan fingerprint density at radius 2 is 1.89 bits per heavy atom. The molecule has 11 heteroatoms. The predicted molar refractivity (Wildman–Crippen MR) is 82.6 cm³/mol. The van der Waals surface area contributed by atoms with Crippen LogP contribution in [-0.2, 0) is 17.4 Å². The molecule has 1 aromatic carbocycles. The van der Waals surface area contributed by atoms with Crippen molar-refractivity contribution in [1.82, 2.24) is 15.3 Å². The maximum atomic E-state index is 13.7. The molecule has 27 heavy (non-hydrogen) atoms. The van der Waals surface area contributed by atoms with E-state index >= 15 is 0 Å². The number of hydrogen-bond donors (Lipinski definition) is 3. The fourth-order valence-electron chi connectivity index (χ4n) is 2.24. The van der Waals surface area contributed by atoms with E-state index in [0.29, 0.717) is 12.1 Å². The summed E-state index contributed by atoms with van der Waals surface area (Å²) in [4.78, 5) is 30.1. The molecule has 1 heterocycles. The summed E-state index contributed by atoms with van der Waals surface area (Å²) in [7, 11) is 0. The van der Waals surface area contributed by atoms with Gasteiger partial charge in [0, 0.05) is 6.42 Å². The summed E-state index contributed by atoms with van der Waals surface area (Å²) in [6.45, 7) is 0.686. The summed E-state index contributed by atoms with van der Waals surface area (Å²) >= 11 is 0. The summed E-state index contributed by atoms with van der Waals surface area (Å²) < 4.78 is 51.5. The van der Waals surface area contributed by atoms with Crippen molar-refractivity contribution in [2.24, 2.45) is 0 Å². The van der Waals surface area contributed by atoms with Gasteiger partial charge in [-0.2, -0.15) is 13.2 Å². The van der Waals surface area contributed by atoms with Gasteiger partial charge in [0.2, 0.25) is 0 Å². The zero-order chi connectivity index (χ0) is 20.4. The molecule has 0 unspecified atom stereocenters. The van der Waals surface area contributed by atoms with E-state index in [4.69, 9.17) is 5.11 Å². The van der Waals surface area contributed by atoms with Crippen LogP contribution in [-0.4, -0.2) is 38.6 Å². The maximum Gasteiger partial charge on any atom is 0.419 e. The second-order valence-electron chi connectivity index (χ2n) is 5.48. The van der Waals surface area contributed by atoms with E-state index in [9.17, 15) is 32.3 Å². The standard InChI is InChI=1S/C16H13F4N3O4/c1-7-22-11(14(26)13(23-7)15(27)21-6-12(24)25)5-8-2-3-9(10(17)4-8)16(18,19)20/h2-4,26H,5-6H2,1H3,(H,21,27)(H,24,25). The first-order valence-corrected chi connectivity index (χ1v) is 7.41. The summed E-state index contributed by atoms with van der Waals surface area (Å²) in [5.41, 5.74) is -1.97. The Kier molecular flexibility index (Phi) is 5.62. The number of amides is 1. The minimum absolute atomic E-state index is 0.0515. The Bertz CT molecular complexity index is 900. The van der Waals surface area contributed by atoms with Gasteiger partial charge < -0.3 is 15.5 Å². The molecule has 0 fully saturated rings. The molecule has 0 spiro atoms. The Hall–Kier alpha value is -3.24. The number of aryl methyl sites for hydroxylation is 1. The van der Waals surface area contributed by atoms with Crippen LogP contribution in [0.1, 0.15) is 33.1 Å². The van der Waals surface area contributed by atoms with E-state index in [1.165, 1.54) is 6.92 Å². The van der Waals surface area contributed by atoms with Crippen LogP contribution < -0.4 is 5.32 Å². The number of halogens is 4. The van der Waals surface area contributed by atoms with Crippen molar-refractivity contribution in [3.63, 3.8) is 0 Å². The quantitative estimate of drug-likeness (QED) is 0.677. The van der Waals surface area contributed by atoms with Crippen molar-refractivity contribution < 1.29 is 37.4 Å². The first-order valence-electron chi connectivity index (χ1n) is 7.41. The fourth-order valence-corrected chi connectivity index (χ4v) is 2.24. The molecule has 0 saturated carbocycles. The number of rotatable bonds is 5. The van der Waals surface area contributed by atoms with Crippen LogP contribution in [0.4, 0.5) is 17.6 Å². The summed E-state index contributed by atoms with van der Waals surface area (Å²) in [6.07, 6.45) is -5.12. The first kappa shape index (κ1) is 20.1. The number of carbonyl (C=O) groups is 2. The van der Waals surface area contributed by atoms with Crippen LogP contribution in [0.25, 0.3) is 0 Å². The van der Waals surface area contributed by atoms with Gasteiger partial charge in [-0.25, -0.2) is 14.4 Å². The largest absolute Gasteiger partial charge is 0.504 e. The van der Waals surface area contributed by atoms with Crippen LogP contribution in [0, 0.1) is 12.7 Å². The Morgan fingerprint density at radius 1 is 1.22 bits per heavy atom. The number of hydrogen-bond acceptors (Lipinski definition) is 5. The number of aromatic hydroxyl groups is 1. The van der Waals surface area contributed by atoms with E-state index in [-0.39, 0.29) is 23.5 Å². The van der Waals surface area contributed by atoms with Gasteiger partial charge in [-0.15, -0.1) is 0 Å². The Balaban J connectivity index is 2.33. The number of nitrogens with zero attached hydrogens (tertiary/aromatic N) is 2. The molecule has 0 aliphatic carbocycles. The average molecular weight is 387 g/mol. The van der Waals surface area contributed by atoms with Gasteiger partial charge >= 0.3 is 12.1 Å². The van der Waals surface area contributed by atoms with Crippen LogP contribution in [0.2, 0.25) is 0 Å². The molecular formula is C16H13F4N3O4. The number of carboxylic acids is 1. The molecule has 1 amide bonds. The molecule has 0 aliphatic heterocycles. The normalized spacial score (nSPS) is 11.3. The molecule has 7 nitrogen and oxygen atoms in total. The highest BCUT2D eigenvalue weighted by Crippen LogP contribution is 2.32. The van der Waals surface area contributed by atoms with E-state index in [0.717, 1.165) is 6.07 Å². The van der Waals surface area contributed by atoms with Crippen LogP contribution >= 0.6 is 0 Å². The molecular weight excluding hydrogens is 374 g/mol. The molecule has 0 aliphatic rings. The Labute approximate surface area is 149 Å². The van der Waals surface area contributed by atoms with Gasteiger partial charge in [-0.1, -0.05) is 6.07 Å². The van der Waals surface area contributed by atoms with Crippen molar-refractivity contribution in [2.75, 3.05) is 6.54 Å². The lowest BCUT2D eigenvalue weighted by Crippen LogP contribution is -2.30. The van der Waals surface area contributed by atoms with E-state index < -0.39 is 47.4 Å². The minimum Gasteiger partial charge on any atom is -0.504 e. The highest BCUT2D eigenvalue weighted by molar-refractivity contribution is 5.96. The van der Waals surface area contributed by atoms with Gasteiger partial charge in [-0.3, -0.25) is 9.59 Å². The lowest BCUT2D eigenvalue weighted by Gasteiger charge is -2.11. The highest BCUT2D eigenvalue weighted by atomic mass is 19.4. The monoisotopic (exact) mass is 387 g/mol. The van der Waals surface area contributed by atoms with Crippen LogP contribution in [0.3, 0.4) is 0 Å². The van der Waals surface area contributed by atoms with Gasteiger partial charge in [0.15, 0.2) is 11.4 Å². The number of benzene rings is 1. The molecule has 2 rings (SSSR count). The van der Waals surface area contributed by atoms with E-state index in [2.05, 4.69) is 9.97 Å². The molecule has 0 radical (unpaired) electrons. The summed E-state index contributed by atoms with van der Waals surface area (Å²) in [5, 5.41) is 20.7. The highest BCUT2D eigenvalue weighted by Gasteiger charge is 2.34. The third kappa shape index (κ3) is 4.90. The number of nitrogens with one attached hydrogen (secondary N) is 1. The molecule has 144 valence electrons. The van der Waals surface area contributed by atoms with Gasteiger partial charge in [0.25, 0.3) is 5.91 Å². The number of carboxylic acid groups (broad SMARTS) is 1. The molecule has 0 atom stereocenters. The second-order valence-corrected chi connectivity index (χ2v) is 5.48. The van der Waals surface area contributed by atoms with E-state index in [1.807, 2.05) is 5.32 Å². The van der Waals surface area contributed by atoms with Gasteiger partial charge in [0.1, 0.15) is 18.2 Å². The molecule has 2 aromatic rings. The minimum atomic E-state index is -4.84. The average Bonchev–Trinajstić information content (AvgIpc) is 2.54. The van der Waals surface area contributed by atoms with Crippen LogP contribution in [0.15, 0.2) is 18.2 Å². The lowest BCUT2D eigenvalue weighted by atomic mass is 10.0. The Morgan fingerprint density at radius 3 is 2.44 bits per heavy atom. The second kappa shape index (κ2) is 7.56. The summed E-state index contributed by atoms with van der Waals surface area (Å²) in [6, 6.07) is 2.24. The van der Waals surface area contributed by atoms with Crippen molar-refractivity contribution >= 4 is 11.9 Å². The van der Waals surface area contributed by atoms with E-state index in [1.54, 1.807) is 0 Å². The summed E-state index contributed by atoms with van der Waals surface area (Å²) in [5.74, 6) is -4.39. The third-order valence-corrected chi connectivity index (χ3v) is 3.39. The molecule has 1 aromatic heterocycles. The van der Waals surface area contributed by atoms with Crippen molar-refractivity contribution in [2.45, 2.75) is 19.5 Å². The number of aromatic nitrogens is 2. The smallest absolute Gasteiger partial charge is 0.419 e. The number of alkyl halides is 3. The zero-order valence-corrected chi connectivity index (χ0v) is 13.8. The number of carbonyl (C=O) groups excluding carboxylic acids is 1. The van der Waals surface area contributed by atoms with Gasteiger partial charge in [0.05, 0.1) is 11.3 Å². The predicted octanol–water partition coefficient (Wildman–Crippen LogP) is 2.05. The maximum absolute atomic E-state index is 13.7. The van der Waals surface area contributed by atoms with Crippen LogP contribution in [0.5, 0.6) is 5.75 Å². The lowest BCUT2D eigenvalue weighted by molar-refractivity contribution is -0.140. The number of aliphatic carboxylic acids is 1. The van der Waals surface area contributed by atoms with Gasteiger partial charge in [-0.05, 0) is 24.6 Å². The molecule has 0 saturated heterocycles. The van der Waals surface area contributed by atoms with Crippen molar-refractivity contribution in [3.8, 4) is 5.75 Å². The van der Waals surface area contributed by atoms with Crippen molar-refractivity contribution in [1.29, 1.82) is 0 Å². The fraction of sp³-hybridized carbons (Fsp3) is 0.250. The van der Waals surface area contributed by atoms with Crippen molar-refractivity contribution in [3.05, 3.63) is 52.4 Å². The third-order valence-electron chi connectivity index (χ3n) is 3.39. The zero-order valence-electron chi connectivity index (χ0n) is 13.8. The first-order chi connectivity index (χ1) is 12.5. The SMILES string of the molecule is Cc1nc(Cc2ccc(C(F)(F)F)c(F)c2)c(O)c(C(=O)NCC(=O)O)n1. The molecule has 3 N–H and O–H groups in total.